The van der Waals surface area contributed by atoms with E-state index in [2.05, 4.69) is 10.3 Å². The average molecular weight is 442 g/mol. The second kappa shape index (κ2) is 8.53. The summed E-state index contributed by atoms with van der Waals surface area (Å²) in [5, 5.41) is 4.06. The van der Waals surface area contributed by atoms with Crippen molar-refractivity contribution in [1.82, 2.24) is 9.55 Å². The number of hydrogen-bond donors (Lipinski definition) is 1. The first-order valence-corrected chi connectivity index (χ1v) is 10.7. The fourth-order valence-corrected chi connectivity index (χ4v) is 4.70. The highest BCUT2D eigenvalue weighted by Crippen LogP contribution is 2.37. The Morgan fingerprint density at radius 2 is 2.03 bits per heavy atom. The molecule has 1 N–H and O–H groups in total. The van der Waals surface area contributed by atoms with Crippen LogP contribution in [0.15, 0.2) is 58.5 Å². The van der Waals surface area contributed by atoms with E-state index in [0.717, 1.165) is 11.1 Å². The third kappa shape index (κ3) is 4.08. The molecule has 3 aromatic rings. The molecule has 154 valence electrons. The number of nitrogens with one attached hydrogen (secondary N) is 1. The molecule has 8 heteroatoms. The maximum absolute atomic E-state index is 13.0. The minimum absolute atomic E-state index is 0.137. The molecule has 4 rings (SSSR count). The van der Waals surface area contributed by atoms with Crippen LogP contribution in [0.3, 0.4) is 0 Å². The fraction of sp³-hybridized carbons (Fsp3) is 0.227. The molecule has 6 nitrogen and oxygen atoms in total. The Morgan fingerprint density at radius 1 is 1.23 bits per heavy atom. The van der Waals surface area contributed by atoms with E-state index < -0.39 is 0 Å². The first kappa shape index (κ1) is 20.5. The minimum Gasteiger partial charge on any atom is -0.497 e. The van der Waals surface area contributed by atoms with E-state index in [9.17, 15) is 9.59 Å². The summed E-state index contributed by atoms with van der Waals surface area (Å²) >= 11 is 7.48. The number of methoxy groups -OCH3 is 1. The van der Waals surface area contributed by atoms with Gasteiger partial charge in [-0.2, -0.15) is 4.98 Å². The van der Waals surface area contributed by atoms with Crippen LogP contribution in [0.25, 0.3) is 0 Å². The Bertz CT molecular complexity index is 1180. The van der Waals surface area contributed by atoms with E-state index in [1.165, 1.54) is 11.8 Å². The Balaban J connectivity index is 1.72. The number of carbonyl (C=O) groups excluding carboxylic acids is 1. The zero-order valence-electron chi connectivity index (χ0n) is 16.5. The standard InChI is InChI=1S/C22H20ClN3O3S/c1-26-20-19(17(11-18(27)24-20)14-6-4-8-16(10-14)29-2)21(28)25-22(26)30-12-13-5-3-7-15(23)9-13/h3-10,17H,11-12H2,1-2H3,(H,24,27). The lowest BCUT2D eigenvalue weighted by Gasteiger charge is -2.27. The van der Waals surface area contributed by atoms with Crippen LogP contribution in [0.1, 0.15) is 29.0 Å². The summed E-state index contributed by atoms with van der Waals surface area (Å²) in [7, 11) is 3.39. The largest absolute Gasteiger partial charge is 0.497 e. The third-order valence-electron chi connectivity index (χ3n) is 5.05. The summed E-state index contributed by atoms with van der Waals surface area (Å²) in [6.07, 6.45) is 0.187. The maximum Gasteiger partial charge on any atom is 0.279 e. The van der Waals surface area contributed by atoms with E-state index in [4.69, 9.17) is 16.3 Å². The number of carbonyl (C=O) groups is 1. The molecule has 0 saturated carbocycles. The summed E-state index contributed by atoms with van der Waals surface area (Å²) in [6, 6.07) is 15.0. The Morgan fingerprint density at radius 3 is 2.80 bits per heavy atom. The topological polar surface area (TPSA) is 73.2 Å². The quantitative estimate of drug-likeness (QED) is 0.474. The third-order valence-corrected chi connectivity index (χ3v) is 6.39. The lowest BCUT2D eigenvalue weighted by Crippen LogP contribution is -2.33. The van der Waals surface area contributed by atoms with Crippen molar-refractivity contribution in [1.29, 1.82) is 0 Å². The molecule has 1 atom stereocenters. The number of thioether (sulfide) groups is 1. The van der Waals surface area contributed by atoms with Crippen molar-refractivity contribution < 1.29 is 9.53 Å². The first-order chi connectivity index (χ1) is 14.5. The molecule has 0 fully saturated rings. The number of rotatable bonds is 5. The van der Waals surface area contributed by atoms with Crippen molar-refractivity contribution in [3.8, 4) is 5.75 Å². The maximum atomic E-state index is 13.0. The van der Waals surface area contributed by atoms with Gasteiger partial charge in [-0.25, -0.2) is 0 Å². The Labute approximate surface area is 183 Å². The van der Waals surface area contributed by atoms with E-state index in [-0.39, 0.29) is 23.8 Å². The van der Waals surface area contributed by atoms with Crippen LogP contribution in [0.5, 0.6) is 5.75 Å². The van der Waals surface area contributed by atoms with Crippen LogP contribution < -0.4 is 15.6 Å². The fourth-order valence-electron chi connectivity index (χ4n) is 3.58. The Hall–Kier alpha value is -2.77. The molecular weight excluding hydrogens is 422 g/mol. The lowest BCUT2D eigenvalue weighted by atomic mass is 9.86. The van der Waals surface area contributed by atoms with Crippen LogP contribution in [-0.2, 0) is 17.6 Å². The number of aromatic nitrogens is 2. The molecule has 0 aliphatic carbocycles. The van der Waals surface area contributed by atoms with Gasteiger partial charge in [-0.3, -0.25) is 9.59 Å². The van der Waals surface area contributed by atoms with Crippen LogP contribution in [-0.4, -0.2) is 22.6 Å². The number of benzene rings is 2. The van der Waals surface area contributed by atoms with Crippen molar-refractivity contribution >= 4 is 35.1 Å². The molecule has 0 bridgehead atoms. The minimum atomic E-state index is -0.373. The van der Waals surface area contributed by atoms with Gasteiger partial charge in [-0.15, -0.1) is 0 Å². The van der Waals surface area contributed by atoms with E-state index in [1.54, 1.807) is 18.7 Å². The SMILES string of the molecule is COc1cccc(C2CC(=O)Nc3c2c(=O)nc(SCc2cccc(Cl)c2)n3C)c1. The van der Waals surface area contributed by atoms with Crippen molar-refractivity contribution in [2.75, 3.05) is 12.4 Å². The zero-order valence-corrected chi connectivity index (χ0v) is 18.1. The zero-order chi connectivity index (χ0) is 21.3. The van der Waals surface area contributed by atoms with Gasteiger partial charge in [0.05, 0.1) is 12.7 Å². The summed E-state index contributed by atoms with van der Waals surface area (Å²) < 4.78 is 7.08. The summed E-state index contributed by atoms with van der Waals surface area (Å²) in [4.78, 5) is 29.8. The van der Waals surface area contributed by atoms with E-state index in [0.29, 0.717) is 33.1 Å². The monoisotopic (exact) mass is 441 g/mol. The number of anilines is 1. The second-order valence-corrected chi connectivity index (χ2v) is 8.40. The van der Waals surface area contributed by atoms with Gasteiger partial charge in [0.1, 0.15) is 11.6 Å². The summed E-state index contributed by atoms with van der Waals surface area (Å²) in [6.45, 7) is 0. The number of hydrogen-bond acceptors (Lipinski definition) is 5. The molecule has 1 aliphatic heterocycles. The smallest absolute Gasteiger partial charge is 0.279 e. The lowest BCUT2D eigenvalue weighted by molar-refractivity contribution is -0.116. The van der Waals surface area contributed by atoms with Gasteiger partial charge in [0, 0.05) is 30.2 Å². The van der Waals surface area contributed by atoms with E-state index >= 15 is 0 Å². The van der Waals surface area contributed by atoms with Crippen molar-refractivity contribution in [3.05, 3.63) is 80.6 Å². The predicted octanol–water partition coefficient (Wildman–Crippen LogP) is 4.21. The van der Waals surface area contributed by atoms with Gasteiger partial charge >= 0.3 is 0 Å². The Kier molecular flexibility index (Phi) is 5.83. The molecule has 0 radical (unpaired) electrons. The summed E-state index contributed by atoms with van der Waals surface area (Å²) in [5.41, 5.74) is 2.04. The molecule has 1 amide bonds. The normalized spacial score (nSPS) is 15.4. The molecular formula is C22H20ClN3O3S. The number of nitrogens with zero attached hydrogens (tertiary/aromatic N) is 2. The van der Waals surface area contributed by atoms with Crippen molar-refractivity contribution in [3.63, 3.8) is 0 Å². The number of ether oxygens (including phenoxy) is 1. The molecule has 1 aliphatic rings. The van der Waals surface area contributed by atoms with Crippen LogP contribution in [0.2, 0.25) is 5.02 Å². The molecule has 2 aromatic carbocycles. The van der Waals surface area contributed by atoms with E-state index in [1.807, 2.05) is 48.5 Å². The number of halogens is 1. The van der Waals surface area contributed by atoms with Crippen molar-refractivity contribution in [2.45, 2.75) is 23.2 Å². The number of amides is 1. The molecule has 1 aromatic heterocycles. The van der Waals surface area contributed by atoms with Crippen molar-refractivity contribution in [2.24, 2.45) is 7.05 Å². The van der Waals surface area contributed by atoms with Crippen LogP contribution in [0, 0.1) is 0 Å². The van der Waals surface area contributed by atoms with Crippen LogP contribution in [0.4, 0.5) is 5.82 Å². The predicted molar refractivity (Wildman–Crippen MR) is 119 cm³/mol. The van der Waals surface area contributed by atoms with Gasteiger partial charge in [0.25, 0.3) is 5.56 Å². The van der Waals surface area contributed by atoms with Gasteiger partial charge in [0.2, 0.25) is 5.91 Å². The van der Waals surface area contributed by atoms with Gasteiger partial charge in [-0.1, -0.05) is 47.6 Å². The van der Waals surface area contributed by atoms with Gasteiger partial charge in [0.15, 0.2) is 5.16 Å². The molecule has 0 saturated heterocycles. The number of fused-ring (bicyclic) bond motifs is 1. The molecule has 0 spiro atoms. The van der Waals surface area contributed by atoms with Gasteiger partial charge in [-0.05, 0) is 35.4 Å². The first-order valence-electron chi connectivity index (χ1n) is 9.38. The second-order valence-electron chi connectivity index (χ2n) is 7.02. The molecule has 1 unspecified atom stereocenters. The molecule has 30 heavy (non-hydrogen) atoms. The highest BCUT2D eigenvalue weighted by molar-refractivity contribution is 7.98. The van der Waals surface area contributed by atoms with Gasteiger partial charge < -0.3 is 14.6 Å². The summed E-state index contributed by atoms with van der Waals surface area (Å²) in [5.74, 6) is 1.27. The highest BCUT2D eigenvalue weighted by Gasteiger charge is 2.32. The average Bonchev–Trinajstić information content (AvgIpc) is 2.74. The highest BCUT2D eigenvalue weighted by atomic mass is 35.5. The van der Waals surface area contributed by atoms with Crippen LogP contribution >= 0.6 is 23.4 Å². The molecule has 2 heterocycles.